The van der Waals surface area contributed by atoms with Gasteiger partial charge in [0.2, 0.25) is 0 Å². The molecule has 0 unspecified atom stereocenters. The van der Waals surface area contributed by atoms with Crippen LogP contribution in [0, 0.1) is 6.92 Å². The SMILES string of the molecule is Cc1cccc(NC(=O)NC2CCN(C)CC2)c1. The lowest BCUT2D eigenvalue weighted by molar-refractivity contribution is 0.221. The summed E-state index contributed by atoms with van der Waals surface area (Å²) >= 11 is 0. The van der Waals surface area contributed by atoms with Crippen LogP contribution in [0.4, 0.5) is 10.5 Å². The Bertz CT molecular complexity index is 411. The van der Waals surface area contributed by atoms with Crippen LogP contribution in [0.1, 0.15) is 18.4 Å². The van der Waals surface area contributed by atoms with Crippen molar-refractivity contribution in [1.82, 2.24) is 10.2 Å². The molecule has 1 saturated heterocycles. The molecule has 4 heteroatoms. The number of piperidine rings is 1. The van der Waals surface area contributed by atoms with E-state index in [2.05, 4.69) is 22.6 Å². The molecule has 18 heavy (non-hydrogen) atoms. The van der Waals surface area contributed by atoms with E-state index in [1.807, 2.05) is 31.2 Å². The van der Waals surface area contributed by atoms with Gasteiger partial charge in [0.1, 0.15) is 0 Å². The first-order valence-electron chi connectivity index (χ1n) is 6.46. The molecule has 2 N–H and O–H groups in total. The van der Waals surface area contributed by atoms with Gasteiger partial charge < -0.3 is 15.5 Å². The number of likely N-dealkylation sites (tertiary alicyclic amines) is 1. The maximum atomic E-state index is 11.8. The number of amides is 2. The van der Waals surface area contributed by atoms with E-state index < -0.39 is 0 Å². The lowest BCUT2D eigenvalue weighted by atomic mass is 10.1. The molecule has 1 aliphatic rings. The largest absolute Gasteiger partial charge is 0.335 e. The predicted molar refractivity (Wildman–Crippen MR) is 73.9 cm³/mol. The lowest BCUT2D eigenvalue weighted by Crippen LogP contribution is -2.44. The fourth-order valence-corrected chi connectivity index (χ4v) is 2.23. The number of carbonyl (C=O) groups is 1. The van der Waals surface area contributed by atoms with Crippen molar-refractivity contribution in [3.63, 3.8) is 0 Å². The van der Waals surface area contributed by atoms with E-state index in [-0.39, 0.29) is 6.03 Å². The zero-order valence-electron chi connectivity index (χ0n) is 11.1. The van der Waals surface area contributed by atoms with Gasteiger partial charge in [-0.15, -0.1) is 0 Å². The molecule has 4 nitrogen and oxygen atoms in total. The topological polar surface area (TPSA) is 44.4 Å². The summed E-state index contributed by atoms with van der Waals surface area (Å²) in [5.41, 5.74) is 1.99. The number of benzene rings is 1. The highest BCUT2D eigenvalue weighted by atomic mass is 16.2. The Balaban J connectivity index is 1.82. The minimum atomic E-state index is -0.102. The van der Waals surface area contributed by atoms with E-state index in [1.165, 1.54) is 0 Å². The maximum absolute atomic E-state index is 11.8. The van der Waals surface area contributed by atoms with Crippen molar-refractivity contribution in [3.05, 3.63) is 29.8 Å². The highest BCUT2D eigenvalue weighted by Crippen LogP contribution is 2.11. The highest BCUT2D eigenvalue weighted by Gasteiger charge is 2.18. The van der Waals surface area contributed by atoms with Gasteiger partial charge >= 0.3 is 6.03 Å². The van der Waals surface area contributed by atoms with Gasteiger partial charge in [-0.25, -0.2) is 4.79 Å². The fraction of sp³-hybridized carbons (Fsp3) is 0.500. The minimum Gasteiger partial charge on any atom is -0.335 e. The molecule has 1 aromatic carbocycles. The van der Waals surface area contributed by atoms with Crippen LogP contribution in [-0.4, -0.2) is 37.1 Å². The summed E-state index contributed by atoms with van der Waals surface area (Å²) in [6.07, 6.45) is 2.05. The van der Waals surface area contributed by atoms with Crippen LogP contribution in [-0.2, 0) is 0 Å². The normalized spacial score (nSPS) is 17.4. The third kappa shape index (κ3) is 3.74. The van der Waals surface area contributed by atoms with Gasteiger partial charge in [0.25, 0.3) is 0 Å². The number of carbonyl (C=O) groups excluding carboxylic acids is 1. The second-order valence-electron chi connectivity index (χ2n) is 5.05. The Hall–Kier alpha value is -1.55. The fourth-order valence-electron chi connectivity index (χ4n) is 2.23. The van der Waals surface area contributed by atoms with Crippen LogP contribution in [0.3, 0.4) is 0 Å². The molecular weight excluding hydrogens is 226 g/mol. The molecule has 0 spiro atoms. The summed E-state index contributed by atoms with van der Waals surface area (Å²) in [7, 11) is 2.11. The summed E-state index contributed by atoms with van der Waals surface area (Å²) in [5.74, 6) is 0. The van der Waals surface area contributed by atoms with Gasteiger partial charge in [0.15, 0.2) is 0 Å². The van der Waals surface area contributed by atoms with Crippen molar-refractivity contribution >= 4 is 11.7 Å². The van der Waals surface area contributed by atoms with Crippen LogP contribution >= 0.6 is 0 Å². The van der Waals surface area contributed by atoms with Gasteiger partial charge in [-0.3, -0.25) is 0 Å². The number of nitrogens with one attached hydrogen (secondary N) is 2. The first kappa shape index (κ1) is 12.9. The molecule has 0 aliphatic carbocycles. The average molecular weight is 247 g/mol. The van der Waals surface area contributed by atoms with E-state index in [0.717, 1.165) is 37.2 Å². The van der Waals surface area contributed by atoms with E-state index in [1.54, 1.807) is 0 Å². The van der Waals surface area contributed by atoms with Crippen molar-refractivity contribution < 1.29 is 4.79 Å². The lowest BCUT2D eigenvalue weighted by Gasteiger charge is -2.29. The number of hydrogen-bond donors (Lipinski definition) is 2. The molecule has 1 aliphatic heterocycles. The molecule has 1 fully saturated rings. The van der Waals surface area contributed by atoms with Gasteiger partial charge in [-0.1, -0.05) is 12.1 Å². The molecule has 0 bridgehead atoms. The number of anilines is 1. The highest BCUT2D eigenvalue weighted by molar-refractivity contribution is 5.89. The molecule has 1 aromatic rings. The summed E-state index contributed by atoms with van der Waals surface area (Å²) < 4.78 is 0. The Morgan fingerprint density at radius 3 is 2.72 bits per heavy atom. The van der Waals surface area contributed by atoms with Gasteiger partial charge in [0.05, 0.1) is 0 Å². The number of nitrogens with zero attached hydrogens (tertiary/aromatic N) is 1. The average Bonchev–Trinajstić information content (AvgIpc) is 2.32. The molecule has 2 amide bonds. The number of rotatable bonds is 2. The number of hydrogen-bond acceptors (Lipinski definition) is 2. The summed E-state index contributed by atoms with van der Waals surface area (Å²) in [5, 5.41) is 5.91. The molecule has 0 radical (unpaired) electrons. The van der Waals surface area contributed by atoms with E-state index in [0.29, 0.717) is 6.04 Å². The minimum absolute atomic E-state index is 0.102. The monoisotopic (exact) mass is 247 g/mol. The Labute approximate surface area is 108 Å². The maximum Gasteiger partial charge on any atom is 0.319 e. The molecular formula is C14H21N3O. The summed E-state index contributed by atoms with van der Waals surface area (Å²) in [6.45, 7) is 4.12. The standard InChI is InChI=1S/C14H21N3O/c1-11-4-3-5-13(10-11)16-14(18)15-12-6-8-17(2)9-7-12/h3-5,10,12H,6-9H2,1-2H3,(H2,15,16,18). The number of aryl methyl sites for hydroxylation is 1. The summed E-state index contributed by atoms with van der Waals surface area (Å²) in [6, 6.07) is 8.02. The Kier molecular flexibility index (Phi) is 4.20. The third-order valence-corrected chi connectivity index (χ3v) is 3.33. The van der Waals surface area contributed by atoms with Crippen molar-refractivity contribution in [3.8, 4) is 0 Å². The predicted octanol–water partition coefficient (Wildman–Crippen LogP) is 2.21. The van der Waals surface area contributed by atoms with Crippen LogP contribution in [0.5, 0.6) is 0 Å². The van der Waals surface area contributed by atoms with Crippen LogP contribution < -0.4 is 10.6 Å². The second kappa shape index (κ2) is 5.87. The van der Waals surface area contributed by atoms with Crippen molar-refractivity contribution in [2.24, 2.45) is 0 Å². The molecule has 0 saturated carbocycles. The molecule has 98 valence electrons. The smallest absolute Gasteiger partial charge is 0.319 e. The summed E-state index contributed by atoms with van der Waals surface area (Å²) in [4.78, 5) is 14.1. The first-order valence-corrected chi connectivity index (χ1v) is 6.46. The number of urea groups is 1. The Morgan fingerprint density at radius 2 is 2.06 bits per heavy atom. The zero-order chi connectivity index (χ0) is 13.0. The molecule has 0 atom stereocenters. The first-order chi connectivity index (χ1) is 8.63. The van der Waals surface area contributed by atoms with E-state index in [4.69, 9.17) is 0 Å². The van der Waals surface area contributed by atoms with E-state index in [9.17, 15) is 4.79 Å². The molecule has 0 aromatic heterocycles. The zero-order valence-corrected chi connectivity index (χ0v) is 11.1. The van der Waals surface area contributed by atoms with Gasteiger partial charge in [-0.2, -0.15) is 0 Å². The van der Waals surface area contributed by atoms with E-state index >= 15 is 0 Å². The van der Waals surface area contributed by atoms with Crippen LogP contribution in [0.2, 0.25) is 0 Å². The van der Waals surface area contributed by atoms with Gasteiger partial charge in [0, 0.05) is 11.7 Å². The van der Waals surface area contributed by atoms with Gasteiger partial charge in [-0.05, 0) is 57.6 Å². The quantitative estimate of drug-likeness (QED) is 0.841. The molecule has 2 rings (SSSR count). The van der Waals surface area contributed by atoms with Crippen LogP contribution in [0.15, 0.2) is 24.3 Å². The van der Waals surface area contributed by atoms with Crippen LogP contribution in [0.25, 0.3) is 0 Å². The second-order valence-corrected chi connectivity index (χ2v) is 5.05. The van der Waals surface area contributed by atoms with Crippen molar-refractivity contribution in [2.75, 3.05) is 25.5 Å². The third-order valence-electron chi connectivity index (χ3n) is 3.33. The Morgan fingerprint density at radius 1 is 1.33 bits per heavy atom. The van der Waals surface area contributed by atoms with Crippen molar-refractivity contribution in [1.29, 1.82) is 0 Å². The van der Waals surface area contributed by atoms with Crippen molar-refractivity contribution in [2.45, 2.75) is 25.8 Å². The molecule has 1 heterocycles.